The highest BCUT2D eigenvalue weighted by Crippen LogP contribution is 2.37. The molecule has 4 rings (SSSR count). The average Bonchev–Trinajstić information content (AvgIpc) is 3.19. The second-order valence-corrected chi connectivity index (χ2v) is 15.8. The van der Waals surface area contributed by atoms with Crippen LogP contribution in [0.1, 0.15) is 12.8 Å². The molecule has 10 heteroatoms. The van der Waals surface area contributed by atoms with Crippen LogP contribution in [0.2, 0.25) is 25.7 Å². The number of nitrogens with one attached hydrogen (secondary N) is 2. The van der Waals surface area contributed by atoms with Gasteiger partial charge in [-0.2, -0.15) is 0 Å². The molecular formula is C20H28BrN5O3Si. The molecule has 2 aliphatic rings. The summed E-state index contributed by atoms with van der Waals surface area (Å²) in [4.78, 5) is 30.7. The number of hydrogen-bond acceptors (Lipinski definition) is 5. The molecule has 2 aromatic rings. The summed E-state index contributed by atoms with van der Waals surface area (Å²) in [5, 5.41) is 6.24. The van der Waals surface area contributed by atoms with Gasteiger partial charge in [0, 0.05) is 45.6 Å². The van der Waals surface area contributed by atoms with E-state index in [0.717, 1.165) is 33.8 Å². The minimum atomic E-state index is -1.11. The van der Waals surface area contributed by atoms with E-state index in [1.54, 1.807) is 0 Å². The predicted octanol–water partition coefficient (Wildman–Crippen LogP) is 3.29. The molecule has 2 N–H and O–H groups in total. The van der Waals surface area contributed by atoms with Crippen LogP contribution < -0.4 is 15.5 Å². The van der Waals surface area contributed by atoms with Crippen molar-refractivity contribution in [2.45, 2.75) is 50.8 Å². The zero-order chi connectivity index (χ0) is 21.5. The molecule has 0 saturated carbocycles. The standard InChI is InChI=1S/C20H28BrN5O3Si/c1-30(2,3)11-10-29-13-26-7-4-14-16(15(21)12-22-17(14)26)25-8-5-20(6-9-25)18(27)23-19(28)24-20/h4,7,12H,5-6,8-11,13H2,1-3H3,(H2,23,24,27,28). The molecule has 2 aromatic heterocycles. The van der Waals surface area contributed by atoms with Crippen molar-refractivity contribution in [2.24, 2.45) is 0 Å². The highest BCUT2D eigenvalue weighted by Gasteiger charge is 2.48. The smallest absolute Gasteiger partial charge is 0.322 e. The number of pyridine rings is 1. The zero-order valence-corrected chi connectivity index (χ0v) is 20.2. The van der Waals surface area contributed by atoms with E-state index in [2.05, 4.69) is 62.2 Å². The van der Waals surface area contributed by atoms with Gasteiger partial charge in [0.2, 0.25) is 0 Å². The van der Waals surface area contributed by atoms with Gasteiger partial charge in [-0.05, 0) is 40.9 Å². The van der Waals surface area contributed by atoms with E-state index in [0.29, 0.717) is 32.7 Å². The van der Waals surface area contributed by atoms with Crippen molar-refractivity contribution in [3.8, 4) is 0 Å². The summed E-state index contributed by atoms with van der Waals surface area (Å²) in [5.74, 6) is -0.215. The second-order valence-electron chi connectivity index (χ2n) is 9.30. The number of nitrogens with zero attached hydrogens (tertiary/aromatic N) is 3. The topological polar surface area (TPSA) is 88.5 Å². The van der Waals surface area contributed by atoms with Crippen LogP contribution in [0.15, 0.2) is 22.9 Å². The lowest BCUT2D eigenvalue weighted by Crippen LogP contribution is -2.55. The molecular weight excluding hydrogens is 466 g/mol. The summed E-state index contributed by atoms with van der Waals surface area (Å²) in [6.07, 6.45) is 4.98. The average molecular weight is 494 g/mol. The first-order valence-electron chi connectivity index (χ1n) is 10.3. The molecule has 162 valence electrons. The first-order chi connectivity index (χ1) is 14.2. The van der Waals surface area contributed by atoms with Gasteiger partial charge in [-0.3, -0.25) is 10.1 Å². The molecule has 0 unspecified atom stereocenters. The Hall–Kier alpha value is -1.91. The molecule has 2 aliphatic heterocycles. The Kier molecular flexibility index (Phi) is 5.67. The third-order valence-electron chi connectivity index (χ3n) is 5.89. The normalized spacial score (nSPS) is 18.9. The SMILES string of the molecule is C[Si](C)(C)CCOCn1ccc2c(N3CCC4(CC3)NC(=O)NC4=O)c(Br)cnc21. The number of anilines is 1. The van der Waals surface area contributed by atoms with Gasteiger partial charge < -0.3 is 19.5 Å². The molecule has 0 atom stereocenters. The number of halogens is 1. The maximum Gasteiger partial charge on any atom is 0.322 e. The van der Waals surface area contributed by atoms with Crippen LogP contribution in [-0.2, 0) is 16.3 Å². The van der Waals surface area contributed by atoms with Gasteiger partial charge in [0.25, 0.3) is 5.91 Å². The van der Waals surface area contributed by atoms with Gasteiger partial charge in [0.05, 0.1) is 10.2 Å². The summed E-state index contributed by atoms with van der Waals surface area (Å²) in [5.41, 5.74) is 1.18. The Bertz CT molecular complexity index is 979. The maximum atomic E-state index is 12.2. The molecule has 0 aliphatic carbocycles. The fraction of sp³-hybridized carbons (Fsp3) is 0.550. The van der Waals surface area contributed by atoms with Crippen molar-refractivity contribution in [1.82, 2.24) is 20.2 Å². The molecule has 2 saturated heterocycles. The number of carbonyl (C=O) groups excluding carboxylic acids is 2. The number of piperidine rings is 1. The van der Waals surface area contributed by atoms with Crippen LogP contribution in [0, 0.1) is 0 Å². The Balaban J connectivity index is 1.50. The van der Waals surface area contributed by atoms with Crippen molar-refractivity contribution in [1.29, 1.82) is 0 Å². The first kappa shape index (κ1) is 21.3. The van der Waals surface area contributed by atoms with Gasteiger partial charge in [0.1, 0.15) is 17.9 Å². The molecule has 4 heterocycles. The number of amides is 3. The van der Waals surface area contributed by atoms with Crippen molar-refractivity contribution in [2.75, 3.05) is 24.6 Å². The van der Waals surface area contributed by atoms with Gasteiger partial charge >= 0.3 is 6.03 Å². The Morgan fingerprint density at radius 1 is 1.27 bits per heavy atom. The van der Waals surface area contributed by atoms with Gasteiger partial charge in [-0.25, -0.2) is 9.78 Å². The summed E-state index contributed by atoms with van der Waals surface area (Å²) >= 11 is 3.66. The monoisotopic (exact) mass is 493 g/mol. The van der Waals surface area contributed by atoms with E-state index in [-0.39, 0.29) is 5.91 Å². The number of fused-ring (bicyclic) bond motifs is 1. The van der Waals surface area contributed by atoms with Crippen LogP contribution in [-0.4, -0.2) is 54.8 Å². The Morgan fingerprint density at radius 2 is 2.00 bits per heavy atom. The molecule has 0 radical (unpaired) electrons. The zero-order valence-electron chi connectivity index (χ0n) is 17.6. The van der Waals surface area contributed by atoms with E-state index < -0.39 is 19.6 Å². The maximum absolute atomic E-state index is 12.2. The largest absolute Gasteiger partial charge is 0.370 e. The first-order valence-corrected chi connectivity index (χ1v) is 14.8. The minimum absolute atomic E-state index is 0.215. The molecule has 30 heavy (non-hydrogen) atoms. The van der Waals surface area contributed by atoms with Crippen molar-refractivity contribution < 1.29 is 14.3 Å². The van der Waals surface area contributed by atoms with Crippen LogP contribution in [0.5, 0.6) is 0 Å². The number of urea groups is 1. The van der Waals surface area contributed by atoms with E-state index in [1.807, 2.05) is 17.0 Å². The van der Waals surface area contributed by atoms with Crippen LogP contribution in [0.3, 0.4) is 0 Å². The van der Waals surface area contributed by atoms with E-state index >= 15 is 0 Å². The lowest BCUT2D eigenvalue weighted by Gasteiger charge is -2.38. The minimum Gasteiger partial charge on any atom is -0.370 e. The third-order valence-corrected chi connectivity index (χ3v) is 8.17. The summed E-state index contributed by atoms with van der Waals surface area (Å²) in [6.45, 7) is 9.62. The number of imide groups is 1. The quantitative estimate of drug-likeness (QED) is 0.366. The Labute approximate surface area is 185 Å². The van der Waals surface area contributed by atoms with E-state index in [4.69, 9.17) is 4.74 Å². The molecule has 0 bridgehead atoms. The fourth-order valence-electron chi connectivity index (χ4n) is 4.06. The van der Waals surface area contributed by atoms with E-state index in [9.17, 15) is 9.59 Å². The number of ether oxygens (including phenoxy) is 1. The molecule has 1 spiro atoms. The van der Waals surface area contributed by atoms with Gasteiger partial charge in [0.15, 0.2) is 0 Å². The highest BCUT2D eigenvalue weighted by atomic mass is 79.9. The predicted molar refractivity (Wildman–Crippen MR) is 122 cm³/mol. The Morgan fingerprint density at radius 3 is 2.63 bits per heavy atom. The fourth-order valence-corrected chi connectivity index (χ4v) is 5.38. The van der Waals surface area contributed by atoms with Crippen molar-refractivity contribution in [3.63, 3.8) is 0 Å². The van der Waals surface area contributed by atoms with Crippen LogP contribution in [0.25, 0.3) is 11.0 Å². The number of carbonyl (C=O) groups is 2. The number of rotatable bonds is 6. The van der Waals surface area contributed by atoms with Crippen molar-refractivity contribution in [3.05, 3.63) is 22.9 Å². The lowest BCUT2D eigenvalue weighted by molar-refractivity contribution is -0.124. The van der Waals surface area contributed by atoms with Crippen LogP contribution >= 0.6 is 15.9 Å². The summed E-state index contributed by atoms with van der Waals surface area (Å²) in [7, 11) is -1.11. The molecule has 3 amide bonds. The second kappa shape index (κ2) is 7.97. The third kappa shape index (κ3) is 4.13. The lowest BCUT2D eigenvalue weighted by atomic mass is 9.87. The summed E-state index contributed by atoms with van der Waals surface area (Å²) < 4.78 is 8.86. The number of hydrogen-bond donors (Lipinski definition) is 2. The number of aromatic nitrogens is 2. The van der Waals surface area contributed by atoms with E-state index in [1.165, 1.54) is 0 Å². The van der Waals surface area contributed by atoms with Gasteiger partial charge in [-0.15, -0.1) is 0 Å². The highest BCUT2D eigenvalue weighted by molar-refractivity contribution is 9.10. The molecule has 2 fully saturated rings. The van der Waals surface area contributed by atoms with Gasteiger partial charge in [-0.1, -0.05) is 19.6 Å². The molecule has 8 nitrogen and oxygen atoms in total. The van der Waals surface area contributed by atoms with Crippen molar-refractivity contribution >= 4 is 52.7 Å². The molecule has 0 aromatic carbocycles. The summed E-state index contributed by atoms with van der Waals surface area (Å²) in [6, 6.07) is 2.81. The van der Waals surface area contributed by atoms with Crippen LogP contribution in [0.4, 0.5) is 10.5 Å².